The van der Waals surface area contributed by atoms with Gasteiger partial charge in [0.1, 0.15) is 6.54 Å². The number of carbonyl (C=O) groups excluding carboxylic acids is 1. The molecule has 0 aliphatic heterocycles. The summed E-state index contributed by atoms with van der Waals surface area (Å²) >= 11 is 7.40. The number of benzene rings is 1. The first-order valence-electron chi connectivity index (χ1n) is 6.71. The fourth-order valence-electron chi connectivity index (χ4n) is 2.40. The average Bonchev–Trinajstić information content (AvgIpc) is 3.01. The molecule has 118 valence electrons. The molecule has 23 heavy (non-hydrogen) atoms. The van der Waals surface area contributed by atoms with E-state index in [2.05, 4.69) is 0 Å². The van der Waals surface area contributed by atoms with Gasteiger partial charge in [-0.05, 0) is 29.6 Å². The van der Waals surface area contributed by atoms with Crippen LogP contribution in [0.1, 0.15) is 4.88 Å². The van der Waals surface area contributed by atoms with Crippen LogP contribution in [0.5, 0.6) is 0 Å². The molecule has 0 saturated heterocycles. The van der Waals surface area contributed by atoms with Gasteiger partial charge in [0.2, 0.25) is 5.91 Å². The van der Waals surface area contributed by atoms with Gasteiger partial charge in [-0.15, -0.1) is 11.3 Å². The third kappa shape index (κ3) is 2.93. The largest absolute Gasteiger partial charge is 0.368 e. The number of halogens is 1. The first kappa shape index (κ1) is 15.5. The predicted molar refractivity (Wildman–Crippen MR) is 90.1 cm³/mol. The Morgan fingerprint density at radius 2 is 2.00 bits per heavy atom. The number of carbonyl (C=O) groups is 1. The van der Waals surface area contributed by atoms with Crippen LogP contribution in [0.25, 0.3) is 10.9 Å². The van der Waals surface area contributed by atoms with E-state index in [-0.39, 0.29) is 18.5 Å². The van der Waals surface area contributed by atoms with E-state index in [9.17, 15) is 14.4 Å². The summed E-state index contributed by atoms with van der Waals surface area (Å²) in [5.41, 5.74) is 4.55. The van der Waals surface area contributed by atoms with Crippen molar-refractivity contribution in [3.63, 3.8) is 0 Å². The first-order valence-corrected chi connectivity index (χ1v) is 7.96. The van der Waals surface area contributed by atoms with Crippen molar-refractivity contribution in [2.24, 2.45) is 5.73 Å². The van der Waals surface area contributed by atoms with Gasteiger partial charge in [-0.25, -0.2) is 4.79 Å². The number of fused-ring (bicyclic) bond motifs is 1. The van der Waals surface area contributed by atoms with Crippen LogP contribution in [0.3, 0.4) is 0 Å². The molecule has 8 heteroatoms. The summed E-state index contributed by atoms with van der Waals surface area (Å²) in [5.74, 6) is -0.662. The van der Waals surface area contributed by atoms with Crippen molar-refractivity contribution < 1.29 is 4.79 Å². The van der Waals surface area contributed by atoms with Gasteiger partial charge >= 0.3 is 5.69 Å². The molecular weight excluding hydrogens is 338 g/mol. The number of nitrogens with two attached hydrogens (primary N) is 1. The Hall–Kier alpha value is -2.38. The highest BCUT2D eigenvalue weighted by Crippen LogP contribution is 2.16. The maximum Gasteiger partial charge on any atom is 0.332 e. The lowest BCUT2D eigenvalue weighted by molar-refractivity contribution is -0.118. The van der Waals surface area contributed by atoms with Crippen molar-refractivity contribution in [1.29, 1.82) is 0 Å². The third-order valence-electron chi connectivity index (χ3n) is 3.39. The van der Waals surface area contributed by atoms with Gasteiger partial charge < -0.3 is 5.73 Å². The van der Waals surface area contributed by atoms with Gasteiger partial charge in [-0.2, -0.15) is 0 Å². The van der Waals surface area contributed by atoms with Crippen molar-refractivity contribution in [1.82, 2.24) is 9.13 Å². The third-order valence-corrected chi connectivity index (χ3v) is 4.49. The lowest BCUT2D eigenvalue weighted by atomic mass is 10.2. The molecule has 0 bridgehead atoms. The number of nitrogens with zero attached hydrogens (tertiary/aromatic N) is 2. The summed E-state index contributed by atoms with van der Waals surface area (Å²) < 4.78 is 2.29. The van der Waals surface area contributed by atoms with E-state index in [1.807, 2.05) is 17.5 Å². The van der Waals surface area contributed by atoms with Gasteiger partial charge in [0.15, 0.2) is 0 Å². The Morgan fingerprint density at radius 1 is 1.22 bits per heavy atom. The minimum absolute atomic E-state index is 0.135. The highest BCUT2D eigenvalue weighted by molar-refractivity contribution is 7.09. The molecule has 3 aromatic rings. The molecule has 2 N–H and O–H groups in total. The topological polar surface area (TPSA) is 87.1 Å². The van der Waals surface area contributed by atoms with Crippen LogP contribution in [0, 0.1) is 0 Å². The van der Waals surface area contributed by atoms with Gasteiger partial charge in [-0.1, -0.05) is 17.7 Å². The van der Waals surface area contributed by atoms with Crippen LogP contribution in [0.4, 0.5) is 0 Å². The molecule has 0 radical (unpaired) electrons. The molecule has 2 heterocycles. The minimum Gasteiger partial charge on any atom is -0.368 e. The van der Waals surface area contributed by atoms with Crippen molar-refractivity contribution in [2.45, 2.75) is 13.1 Å². The standard InChI is InChI=1S/C15H12ClN3O3S/c16-9-3-4-12-11(6-9)14(21)19(7-10-2-1-5-23-10)15(22)18(12)8-13(17)20/h1-6H,7-8H2,(H2,17,20). The number of aromatic nitrogens is 2. The van der Waals surface area contributed by atoms with Gasteiger partial charge in [0.25, 0.3) is 5.56 Å². The van der Waals surface area contributed by atoms with Crippen LogP contribution in [0.2, 0.25) is 5.02 Å². The zero-order valence-electron chi connectivity index (χ0n) is 11.9. The first-order chi connectivity index (χ1) is 11.0. The minimum atomic E-state index is -0.662. The summed E-state index contributed by atoms with van der Waals surface area (Å²) in [6.45, 7) is -0.168. The van der Waals surface area contributed by atoms with Crippen molar-refractivity contribution in [3.8, 4) is 0 Å². The molecule has 2 aromatic heterocycles. The summed E-state index contributed by atoms with van der Waals surface area (Å²) in [6, 6.07) is 8.26. The summed E-state index contributed by atoms with van der Waals surface area (Å²) in [6.07, 6.45) is 0. The summed E-state index contributed by atoms with van der Waals surface area (Å²) in [4.78, 5) is 37.4. The van der Waals surface area contributed by atoms with E-state index in [4.69, 9.17) is 17.3 Å². The monoisotopic (exact) mass is 349 g/mol. The smallest absolute Gasteiger partial charge is 0.332 e. The molecule has 0 saturated carbocycles. The van der Waals surface area contributed by atoms with E-state index in [0.29, 0.717) is 10.5 Å². The lowest BCUT2D eigenvalue weighted by Gasteiger charge is -2.12. The molecule has 1 aromatic carbocycles. The number of hydrogen-bond acceptors (Lipinski definition) is 4. The van der Waals surface area contributed by atoms with Gasteiger partial charge in [0.05, 0.1) is 17.4 Å². The zero-order valence-corrected chi connectivity index (χ0v) is 13.4. The second-order valence-electron chi connectivity index (χ2n) is 4.97. The molecule has 0 spiro atoms. The number of primary amides is 1. The van der Waals surface area contributed by atoms with E-state index >= 15 is 0 Å². The van der Waals surface area contributed by atoms with E-state index in [1.54, 1.807) is 12.1 Å². The molecule has 1 amide bonds. The number of rotatable bonds is 4. The summed E-state index contributed by atoms with van der Waals surface area (Å²) in [7, 11) is 0. The molecule has 0 fully saturated rings. The predicted octanol–water partition coefficient (Wildman–Crippen LogP) is 1.41. The fraction of sp³-hybridized carbons (Fsp3) is 0.133. The SMILES string of the molecule is NC(=O)Cn1c(=O)n(Cc2cccs2)c(=O)c2cc(Cl)ccc21. The molecular formula is C15H12ClN3O3S. The van der Waals surface area contributed by atoms with Gasteiger partial charge in [0, 0.05) is 9.90 Å². The second kappa shape index (κ2) is 6.02. The molecule has 0 unspecified atom stereocenters. The van der Waals surface area contributed by atoms with Crippen LogP contribution < -0.4 is 17.0 Å². The highest BCUT2D eigenvalue weighted by Gasteiger charge is 2.15. The fourth-order valence-corrected chi connectivity index (χ4v) is 3.27. The van der Waals surface area contributed by atoms with Crippen LogP contribution in [-0.4, -0.2) is 15.0 Å². The maximum atomic E-state index is 12.6. The quantitative estimate of drug-likeness (QED) is 0.772. The maximum absolute atomic E-state index is 12.6. The number of amides is 1. The molecule has 3 rings (SSSR count). The average molecular weight is 350 g/mol. The van der Waals surface area contributed by atoms with Crippen molar-refractivity contribution >= 4 is 39.7 Å². The van der Waals surface area contributed by atoms with Crippen LogP contribution in [0.15, 0.2) is 45.3 Å². The van der Waals surface area contributed by atoms with Crippen LogP contribution in [-0.2, 0) is 17.9 Å². The van der Waals surface area contributed by atoms with Gasteiger partial charge in [-0.3, -0.25) is 18.7 Å². The van der Waals surface area contributed by atoms with E-state index < -0.39 is 17.2 Å². The normalized spacial score (nSPS) is 11.0. The Kier molecular flexibility index (Phi) is 4.06. The number of hydrogen-bond donors (Lipinski definition) is 1. The second-order valence-corrected chi connectivity index (χ2v) is 6.44. The Labute approximate surface area is 139 Å². The molecule has 0 atom stereocenters. The lowest BCUT2D eigenvalue weighted by Crippen LogP contribution is -2.42. The Balaban J connectivity index is 2.33. The highest BCUT2D eigenvalue weighted by atomic mass is 35.5. The molecule has 0 aliphatic rings. The molecule has 6 nitrogen and oxygen atoms in total. The Bertz CT molecular complexity index is 1010. The van der Waals surface area contributed by atoms with Crippen molar-refractivity contribution in [2.75, 3.05) is 0 Å². The number of thiophene rings is 1. The zero-order chi connectivity index (χ0) is 16.6. The molecule has 0 aliphatic carbocycles. The van der Waals surface area contributed by atoms with Crippen LogP contribution >= 0.6 is 22.9 Å². The van der Waals surface area contributed by atoms with E-state index in [0.717, 1.165) is 9.44 Å². The van der Waals surface area contributed by atoms with E-state index in [1.165, 1.54) is 22.0 Å². The summed E-state index contributed by atoms with van der Waals surface area (Å²) in [5, 5.41) is 2.51. The Morgan fingerprint density at radius 3 is 2.65 bits per heavy atom. The van der Waals surface area contributed by atoms with Crippen molar-refractivity contribution in [3.05, 3.63) is 66.4 Å².